The number of nitrogens with zero attached hydrogens (tertiary/aromatic N) is 2. The smallest absolute Gasteiger partial charge is 0.199 e. The first-order chi connectivity index (χ1) is 8.59. The summed E-state index contributed by atoms with van der Waals surface area (Å²) in [5.41, 5.74) is 0.769. The Morgan fingerprint density at radius 2 is 2.06 bits per heavy atom. The molecular weight excluding hydrogens is 357 g/mol. The maximum atomic E-state index is 6.29. The lowest BCUT2D eigenvalue weighted by molar-refractivity contribution is 0.869. The molecule has 2 aromatic rings. The Balaban J connectivity index is 2.24. The van der Waals surface area contributed by atoms with Crippen LogP contribution in [-0.2, 0) is 0 Å². The highest BCUT2D eigenvalue weighted by Gasteiger charge is 2.30. The Kier molecular flexibility index (Phi) is 3.26. The largest absolute Gasteiger partial charge is 0.270 e. The Morgan fingerprint density at radius 3 is 2.72 bits per heavy atom. The summed E-state index contributed by atoms with van der Waals surface area (Å²) in [5.74, 6) is 1.40. The minimum absolute atomic E-state index is 0.469. The maximum Gasteiger partial charge on any atom is 0.199 e. The second kappa shape index (κ2) is 4.63. The van der Waals surface area contributed by atoms with Crippen LogP contribution in [0.4, 0.5) is 0 Å². The molecule has 1 aromatic heterocycles. The van der Waals surface area contributed by atoms with Crippen LogP contribution in [0.3, 0.4) is 0 Å². The zero-order valence-corrected chi connectivity index (χ0v) is 13.0. The maximum absolute atomic E-state index is 6.29. The van der Waals surface area contributed by atoms with E-state index in [9.17, 15) is 0 Å². The van der Waals surface area contributed by atoms with Gasteiger partial charge in [0.1, 0.15) is 5.82 Å². The molecule has 1 fully saturated rings. The summed E-state index contributed by atoms with van der Waals surface area (Å²) >= 11 is 21.0. The van der Waals surface area contributed by atoms with Gasteiger partial charge in [0.2, 0.25) is 0 Å². The average molecular weight is 365 g/mol. The first-order valence-corrected chi connectivity index (χ1v) is 7.36. The average Bonchev–Trinajstić information content (AvgIpc) is 3.12. The topological polar surface area (TPSA) is 33.6 Å². The van der Waals surface area contributed by atoms with Gasteiger partial charge in [-0.1, -0.05) is 23.2 Å². The van der Waals surface area contributed by atoms with Crippen LogP contribution < -0.4 is 0 Å². The molecule has 0 aliphatic heterocycles. The van der Waals surface area contributed by atoms with E-state index in [0.717, 1.165) is 28.8 Å². The molecule has 0 saturated heterocycles. The molecule has 3 rings (SSSR count). The fraction of sp³-hybridized carbons (Fsp3) is 0.273. The first-order valence-electron chi connectivity index (χ1n) is 5.40. The minimum Gasteiger partial charge on any atom is -0.270 e. The van der Waals surface area contributed by atoms with E-state index in [1.807, 2.05) is 16.7 Å². The SMILES string of the molecule is S=c1[nH]nc(C2CC2)n1-c1ccc(Br)c(Cl)c1Cl. The number of H-pyrrole nitrogens is 1. The highest BCUT2D eigenvalue weighted by Crippen LogP contribution is 2.41. The molecule has 1 heterocycles. The Labute approximate surface area is 127 Å². The van der Waals surface area contributed by atoms with Crippen molar-refractivity contribution in [1.29, 1.82) is 0 Å². The third-order valence-corrected chi connectivity index (χ3v) is 4.93. The molecule has 0 spiro atoms. The van der Waals surface area contributed by atoms with Gasteiger partial charge in [-0.2, -0.15) is 5.10 Å². The third-order valence-electron chi connectivity index (χ3n) is 2.90. The molecule has 1 aromatic carbocycles. The molecule has 1 N–H and O–H groups in total. The summed E-state index contributed by atoms with van der Waals surface area (Å²) in [6, 6.07) is 3.74. The number of hydrogen-bond acceptors (Lipinski definition) is 2. The van der Waals surface area contributed by atoms with Crippen molar-refractivity contribution in [2.24, 2.45) is 0 Å². The van der Waals surface area contributed by atoms with E-state index >= 15 is 0 Å². The van der Waals surface area contributed by atoms with Crippen LogP contribution in [0.2, 0.25) is 10.0 Å². The van der Waals surface area contributed by atoms with Crippen molar-refractivity contribution in [3.8, 4) is 5.69 Å². The molecule has 0 bridgehead atoms. The lowest BCUT2D eigenvalue weighted by Gasteiger charge is -2.10. The summed E-state index contributed by atoms with van der Waals surface area (Å²) < 4.78 is 3.17. The van der Waals surface area contributed by atoms with Gasteiger partial charge in [0.15, 0.2) is 4.77 Å². The summed E-state index contributed by atoms with van der Waals surface area (Å²) in [5, 5.41) is 8.06. The molecule has 1 saturated carbocycles. The van der Waals surface area contributed by atoms with E-state index in [-0.39, 0.29) is 0 Å². The standard InChI is InChI=1S/C11H8BrCl2N3S/c12-6-3-4-7(9(14)8(6)13)17-10(5-1-2-5)15-16-11(17)18/h3-5H,1-2H2,(H,16,18). The van der Waals surface area contributed by atoms with Gasteiger partial charge >= 0.3 is 0 Å². The van der Waals surface area contributed by atoms with Crippen LogP contribution in [0.25, 0.3) is 5.69 Å². The third kappa shape index (κ3) is 2.03. The van der Waals surface area contributed by atoms with E-state index in [4.69, 9.17) is 35.4 Å². The van der Waals surface area contributed by atoms with Crippen molar-refractivity contribution in [3.63, 3.8) is 0 Å². The second-order valence-corrected chi connectivity index (χ2v) is 6.19. The van der Waals surface area contributed by atoms with Gasteiger partial charge in [-0.05, 0) is 53.1 Å². The van der Waals surface area contributed by atoms with Gasteiger partial charge in [0, 0.05) is 10.4 Å². The fourth-order valence-corrected chi connectivity index (χ4v) is 2.94. The molecule has 0 amide bonds. The number of hydrogen-bond donors (Lipinski definition) is 1. The molecule has 3 nitrogen and oxygen atoms in total. The van der Waals surface area contributed by atoms with Gasteiger partial charge in [-0.15, -0.1) is 0 Å². The van der Waals surface area contributed by atoms with Crippen LogP contribution in [0.15, 0.2) is 16.6 Å². The Morgan fingerprint density at radius 1 is 1.33 bits per heavy atom. The highest BCUT2D eigenvalue weighted by molar-refractivity contribution is 9.10. The number of rotatable bonds is 2. The fourth-order valence-electron chi connectivity index (χ4n) is 1.85. The van der Waals surface area contributed by atoms with Crippen LogP contribution in [0, 0.1) is 4.77 Å². The summed E-state index contributed by atoms with van der Waals surface area (Å²) in [4.78, 5) is 0. The minimum atomic E-state index is 0.469. The van der Waals surface area contributed by atoms with Gasteiger partial charge in [0.25, 0.3) is 0 Å². The van der Waals surface area contributed by atoms with E-state index in [1.54, 1.807) is 0 Å². The first kappa shape index (κ1) is 12.7. The zero-order chi connectivity index (χ0) is 12.9. The highest BCUT2D eigenvalue weighted by atomic mass is 79.9. The molecular formula is C11H8BrCl2N3S. The Bertz CT molecular complexity index is 675. The molecule has 0 radical (unpaired) electrons. The van der Waals surface area contributed by atoms with Crippen LogP contribution in [0.5, 0.6) is 0 Å². The van der Waals surface area contributed by atoms with Crippen LogP contribution in [-0.4, -0.2) is 14.8 Å². The zero-order valence-electron chi connectivity index (χ0n) is 9.08. The predicted molar refractivity (Wildman–Crippen MR) is 78.4 cm³/mol. The lowest BCUT2D eigenvalue weighted by Crippen LogP contribution is -2.01. The number of nitrogens with one attached hydrogen (secondary N) is 1. The summed E-state index contributed by atoms with van der Waals surface area (Å²) in [7, 11) is 0. The van der Waals surface area contributed by atoms with E-state index in [0.29, 0.717) is 20.7 Å². The summed E-state index contributed by atoms with van der Waals surface area (Å²) in [6.07, 6.45) is 2.28. The molecule has 18 heavy (non-hydrogen) atoms. The monoisotopic (exact) mass is 363 g/mol. The van der Waals surface area contributed by atoms with Crippen LogP contribution in [0.1, 0.15) is 24.6 Å². The molecule has 94 valence electrons. The molecule has 1 aliphatic carbocycles. The van der Waals surface area contributed by atoms with Crippen LogP contribution >= 0.6 is 51.3 Å². The molecule has 0 atom stereocenters. The predicted octanol–water partition coefficient (Wildman–Crippen LogP) is 4.88. The van der Waals surface area contributed by atoms with Crippen molar-refractivity contribution in [1.82, 2.24) is 14.8 Å². The number of aromatic amines is 1. The van der Waals surface area contributed by atoms with Crippen molar-refractivity contribution in [2.45, 2.75) is 18.8 Å². The van der Waals surface area contributed by atoms with Gasteiger partial charge < -0.3 is 0 Å². The van der Waals surface area contributed by atoms with Gasteiger partial charge in [-0.25, -0.2) is 0 Å². The van der Waals surface area contributed by atoms with E-state index in [1.165, 1.54) is 0 Å². The second-order valence-electron chi connectivity index (χ2n) is 4.19. The number of benzene rings is 1. The quantitative estimate of drug-likeness (QED) is 0.608. The van der Waals surface area contributed by atoms with Crippen molar-refractivity contribution < 1.29 is 0 Å². The van der Waals surface area contributed by atoms with Gasteiger partial charge in [0.05, 0.1) is 15.7 Å². The number of halogens is 3. The van der Waals surface area contributed by atoms with E-state index in [2.05, 4.69) is 26.1 Å². The van der Waals surface area contributed by atoms with Crippen molar-refractivity contribution >= 4 is 51.3 Å². The summed E-state index contributed by atoms with van der Waals surface area (Å²) in [6.45, 7) is 0. The lowest BCUT2D eigenvalue weighted by atomic mass is 10.3. The van der Waals surface area contributed by atoms with Crippen molar-refractivity contribution in [2.75, 3.05) is 0 Å². The van der Waals surface area contributed by atoms with Gasteiger partial charge in [-0.3, -0.25) is 9.67 Å². The normalized spacial score (nSPS) is 15.1. The van der Waals surface area contributed by atoms with E-state index < -0.39 is 0 Å². The Hall–Kier alpha value is -0.360. The molecule has 1 aliphatic rings. The van der Waals surface area contributed by atoms with Crippen molar-refractivity contribution in [3.05, 3.63) is 37.2 Å². The molecule has 0 unspecified atom stereocenters. The number of aromatic nitrogens is 3. The molecule has 7 heteroatoms.